The highest BCUT2D eigenvalue weighted by atomic mass is 35.5. The van der Waals surface area contributed by atoms with E-state index >= 15 is 0 Å². The predicted octanol–water partition coefficient (Wildman–Crippen LogP) is 12.0. The molecule has 3 heteroatoms. The normalized spacial score (nSPS) is 10.9. The quantitative estimate of drug-likeness (QED) is 0.150. The maximum atomic E-state index is 7.41. The summed E-state index contributed by atoms with van der Waals surface area (Å²) in [6, 6.07) is 45.1. The second-order valence-corrected chi connectivity index (χ2v) is 10.9. The Hall–Kier alpha value is -4.01. The van der Waals surface area contributed by atoms with E-state index in [0.29, 0.717) is 5.02 Å². The van der Waals surface area contributed by atoms with Gasteiger partial charge in [-0.2, -0.15) is 0 Å². The molecular formula is C38H39ClN2. The van der Waals surface area contributed by atoms with Gasteiger partial charge in [0.2, 0.25) is 0 Å². The van der Waals surface area contributed by atoms with Crippen molar-refractivity contribution in [3.63, 3.8) is 0 Å². The Kier molecular flexibility index (Phi) is 9.78. The lowest BCUT2D eigenvalue weighted by molar-refractivity contribution is 0.795. The first-order valence-corrected chi connectivity index (χ1v) is 15.2. The van der Waals surface area contributed by atoms with Crippen molar-refractivity contribution in [2.45, 2.75) is 52.4 Å². The van der Waals surface area contributed by atoms with Crippen LogP contribution in [0.2, 0.25) is 5.02 Å². The SMILES string of the molecule is CCCCc1ccc(N(c2ccc(CCCC)cc2)c2cccc(N(c3ccccc3)c3ccccc3)c2Cl)cc1. The molecule has 2 nitrogen and oxygen atoms in total. The standard InChI is InChI=1S/C38H39ClN2/c1-3-5-14-30-22-26-34(27-23-30)41(35-28-24-31(25-29-35)15-6-4-2)37-21-13-20-36(38(37)39)40(32-16-9-7-10-17-32)33-18-11-8-12-19-33/h7-13,16-29H,3-6,14-15H2,1-2H3. The number of benzene rings is 5. The Morgan fingerprint density at radius 2 is 0.805 bits per heavy atom. The highest BCUT2D eigenvalue weighted by molar-refractivity contribution is 6.36. The van der Waals surface area contributed by atoms with Crippen LogP contribution in [0.15, 0.2) is 127 Å². The first kappa shape index (κ1) is 28.5. The third kappa shape index (κ3) is 6.84. The summed E-state index contributed by atoms with van der Waals surface area (Å²) in [6.45, 7) is 4.48. The smallest absolute Gasteiger partial charge is 0.0887 e. The lowest BCUT2D eigenvalue weighted by Crippen LogP contribution is -2.14. The van der Waals surface area contributed by atoms with Gasteiger partial charge in [-0.1, -0.05) is 105 Å². The summed E-state index contributed by atoms with van der Waals surface area (Å²) in [7, 11) is 0. The van der Waals surface area contributed by atoms with E-state index in [1.165, 1.54) is 36.8 Å². The number of unbranched alkanes of at least 4 members (excludes halogenated alkanes) is 2. The molecule has 0 radical (unpaired) electrons. The fourth-order valence-electron chi connectivity index (χ4n) is 5.25. The Balaban J connectivity index is 1.62. The van der Waals surface area contributed by atoms with Crippen LogP contribution in [-0.2, 0) is 12.8 Å². The average Bonchev–Trinajstić information content (AvgIpc) is 3.03. The zero-order chi connectivity index (χ0) is 28.4. The van der Waals surface area contributed by atoms with E-state index in [1.54, 1.807) is 0 Å². The van der Waals surface area contributed by atoms with E-state index in [1.807, 2.05) is 12.1 Å². The van der Waals surface area contributed by atoms with Crippen LogP contribution in [0.25, 0.3) is 0 Å². The number of hydrogen-bond donors (Lipinski definition) is 0. The number of hydrogen-bond acceptors (Lipinski definition) is 2. The molecule has 0 N–H and O–H groups in total. The largest absolute Gasteiger partial charge is 0.309 e. The number of rotatable bonds is 12. The van der Waals surface area contributed by atoms with E-state index in [-0.39, 0.29) is 0 Å². The molecule has 5 aromatic rings. The minimum Gasteiger partial charge on any atom is -0.309 e. The average molecular weight is 559 g/mol. The molecule has 0 saturated carbocycles. The highest BCUT2D eigenvalue weighted by Crippen LogP contribution is 2.46. The molecule has 0 saturated heterocycles. The van der Waals surface area contributed by atoms with Crippen LogP contribution in [0, 0.1) is 0 Å². The van der Waals surface area contributed by atoms with Crippen molar-refractivity contribution in [1.82, 2.24) is 0 Å². The van der Waals surface area contributed by atoms with Crippen LogP contribution in [0.3, 0.4) is 0 Å². The third-order valence-corrected chi connectivity index (χ3v) is 7.88. The van der Waals surface area contributed by atoms with E-state index in [9.17, 15) is 0 Å². The molecular weight excluding hydrogens is 520 g/mol. The van der Waals surface area contributed by atoms with Gasteiger partial charge in [-0.15, -0.1) is 0 Å². The second-order valence-electron chi connectivity index (χ2n) is 10.5. The van der Waals surface area contributed by atoms with Gasteiger partial charge in [0.25, 0.3) is 0 Å². The number of halogens is 1. The number of anilines is 6. The van der Waals surface area contributed by atoms with Crippen molar-refractivity contribution < 1.29 is 0 Å². The molecule has 0 aliphatic rings. The van der Waals surface area contributed by atoms with Gasteiger partial charge >= 0.3 is 0 Å². The number of nitrogens with zero attached hydrogens (tertiary/aromatic N) is 2. The molecule has 0 bridgehead atoms. The Labute approximate surface area is 250 Å². The molecule has 0 atom stereocenters. The molecule has 0 amide bonds. The lowest BCUT2D eigenvalue weighted by atomic mass is 10.1. The van der Waals surface area contributed by atoms with Crippen LogP contribution in [0.4, 0.5) is 34.1 Å². The van der Waals surface area contributed by atoms with E-state index in [4.69, 9.17) is 11.6 Å². The van der Waals surface area contributed by atoms with Crippen LogP contribution in [0.1, 0.15) is 50.7 Å². The molecule has 0 fully saturated rings. The summed E-state index contributed by atoms with van der Waals surface area (Å²) in [4.78, 5) is 4.51. The minimum atomic E-state index is 0.699. The van der Waals surface area contributed by atoms with Gasteiger partial charge in [0, 0.05) is 22.7 Å². The van der Waals surface area contributed by atoms with E-state index < -0.39 is 0 Å². The summed E-state index contributed by atoms with van der Waals surface area (Å²) in [6.07, 6.45) is 6.99. The van der Waals surface area contributed by atoms with Crippen LogP contribution in [0.5, 0.6) is 0 Å². The summed E-state index contributed by atoms with van der Waals surface area (Å²) in [5, 5.41) is 0.699. The minimum absolute atomic E-state index is 0.699. The van der Waals surface area contributed by atoms with Gasteiger partial charge in [-0.3, -0.25) is 0 Å². The molecule has 5 rings (SSSR count). The van der Waals surface area contributed by atoms with Gasteiger partial charge in [0.05, 0.1) is 16.4 Å². The number of aryl methyl sites for hydroxylation is 2. The monoisotopic (exact) mass is 558 g/mol. The summed E-state index contributed by atoms with van der Waals surface area (Å²) < 4.78 is 0. The van der Waals surface area contributed by atoms with Gasteiger partial charge in [-0.05, 0) is 97.5 Å². The molecule has 5 aromatic carbocycles. The molecule has 0 heterocycles. The van der Waals surface area contributed by atoms with Gasteiger partial charge in [-0.25, -0.2) is 0 Å². The number of para-hydroxylation sites is 2. The van der Waals surface area contributed by atoms with Crippen molar-refractivity contribution >= 4 is 45.7 Å². The first-order valence-electron chi connectivity index (χ1n) is 14.9. The van der Waals surface area contributed by atoms with Gasteiger partial charge in [0.1, 0.15) is 0 Å². The molecule has 208 valence electrons. The molecule has 41 heavy (non-hydrogen) atoms. The molecule has 0 aromatic heterocycles. The van der Waals surface area contributed by atoms with Crippen LogP contribution >= 0.6 is 11.6 Å². The first-order chi connectivity index (χ1) is 20.2. The van der Waals surface area contributed by atoms with Crippen molar-refractivity contribution in [1.29, 1.82) is 0 Å². The summed E-state index contributed by atoms with van der Waals surface area (Å²) >= 11 is 7.41. The Morgan fingerprint density at radius 1 is 0.439 bits per heavy atom. The molecule has 0 unspecified atom stereocenters. The topological polar surface area (TPSA) is 6.48 Å². The van der Waals surface area contributed by atoms with Crippen LogP contribution < -0.4 is 9.80 Å². The summed E-state index contributed by atoms with van der Waals surface area (Å²) in [5.41, 5.74) is 8.92. The highest BCUT2D eigenvalue weighted by Gasteiger charge is 2.22. The van der Waals surface area contributed by atoms with Crippen molar-refractivity contribution in [2.24, 2.45) is 0 Å². The molecule has 0 aliphatic carbocycles. The van der Waals surface area contributed by atoms with E-state index in [0.717, 1.165) is 47.0 Å². The zero-order valence-electron chi connectivity index (χ0n) is 24.1. The van der Waals surface area contributed by atoms with E-state index in [2.05, 4.69) is 139 Å². The Bertz CT molecular complexity index is 1410. The van der Waals surface area contributed by atoms with Crippen LogP contribution in [-0.4, -0.2) is 0 Å². The van der Waals surface area contributed by atoms with Crippen molar-refractivity contribution in [3.8, 4) is 0 Å². The fraction of sp³-hybridized carbons (Fsp3) is 0.211. The predicted molar refractivity (Wildman–Crippen MR) is 178 cm³/mol. The third-order valence-electron chi connectivity index (χ3n) is 7.50. The van der Waals surface area contributed by atoms with Gasteiger partial charge < -0.3 is 9.80 Å². The Morgan fingerprint density at radius 3 is 1.17 bits per heavy atom. The maximum Gasteiger partial charge on any atom is 0.0887 e. The molecule has 0 spiro atoms. The second kappa shape index (κ2) is 14.1. The van der Waals surface area contributed by atoms with Crippen molar-refractivity contribution in [2.75, 3.05) is 9.80 Å². The van der Waals surface area contributed by atoms with Gasteiger partial charge in [0.15, 0.2) is 0 Å². The summed E-state index contributed by atoms with van der Waals surface area (Å²) in [5.74, 6) is 0. The zero-order valence-corrected chi connectivity index (χ0v) is 24.9. The lowest BCUT2D eigenvalue weighted by Gasteiger charge is -2.31. The van der Waals surface area contributed by atoms with Crippen molar-refractivity contribution in [3.05, 3.63) is 144 Å². The maximum absolute atomic E-state index is 7.41. The molecule has 0 aliphatic heterocycles. The fourth-order valence-corrected chi connectivity index (χ4v) is 5.54.